The van der Waals surface area contributed by atoms with Crippen LogP contribution in [0.25, 0.3) is 0 Å². The molecule has 0 radical (unpaired) electrons. The molecule has 4 nitrogen and oxygen atoms in total. The number of carbonyl (C=O) groups is 2. The van der Waals surface area contributed by atoms with Gasteiger partial charge in [-0.2, -0.15) is 0 Å². The van der Waals surface area contributed by atoms with Gasteiger partial charge in [-0.05, 0) is 25.1 Å². The fourth-order valence-corrected chi connectivity index (χ4v) is 2.01. The van der Waals surface area contributed by atoms with E-state index in [9.17, 15) is 9.59 Å². The molecule has 1 aliphatic heterocycles. The van der Waals surface area contributed by atoms with Crippen LogP contribution >= 0.6 is 0 Å². The van der Waals surface area contributed by atoms with Gasteiger partial charge in [0.15, 0.2) is 0 Å². The van der Waals surface area contributed by atoms with Gasteiger partial charge >= 0.3 is 0 Å². The summed E-state index contributed by atoms with van der Waals surface area (Å²) in [5.74, 6) is -0.390. The number of amides is 2. The van der Waals surface area contributed by atoms with Crippen molar-refractivity contribution in [2.45, 2.75) is 6.42 Å². The van der Waals surface area contributed by atoms with E-state index in [2.05, 4.69) is 5.32 Å². The Morgan fingerprint density at radius 1 is 1.29 bits per heavy atom. The summed E-state index contributed by atoms with van der Waals surface area (Å²) < 4.78 is 0. The quantitative estimate of drug-likeness (QED) is 0.771. The SMILES string of the molecule is CN(C(=O)c1ccccc1)C(=O)C1CCNC1. The molecule has 0 bridgehead atoms. The Kier molecular flexibility index (Phi) is 3.54. The van der Waals surface area contributed by atoms with Gasteiger partial charge in [-0.25, -0.2) is 0 Å². The Labute approximate surface area is 101 Å². The molecule has 0 saturated carbocycles. The molecule has 1 aromatic rings. The standard InChI is InChI=1S/C13H16N2O2/c1-15(13(17)11-7-8-14-9-11)12(16)10-5-3-2-4-6-10/h2-6,11,14H,7-9H2,1H3. The van der Waals surface area contributed by atoms with E-state index in [1.54, 1.807) is 31.3 Å². The summed E-state index contributed by atoms with van der Waals surface area (Å²) in [5.41, 5.74) is 0.550. The van der Waals surface area contributed by atoms with E-state index >= 15 is 0 Å². The molecule has 1 atom stereocenters. The summed E-state index contributed by atoms with van der Waals surface area (Å²) in [6.45, 7) is 1.52. The van der Waals surface area contributed by atoms with E-state index in [0.29, 0.717) is 12.1 Å². The fourth-order valence-electron chi connectivity index (χ4n) is 2.01. The minimum Gasteiger partial charge on any atom is -0.316 e. The highest BCUT2D eigenvalue weighted by Gasteiger charge is 2.28. The number of hydrogen-bond donors (Lipinski definition) is 1. The van der Waals surface area contributed by atoms with E-state index in [-0.39, 0.29) is 17.7 Å². The smallest absolute Gasteiger partial charge is 0.260 e. The van der Waals surface area contributed by atoms with E-state index in [1.807, 2.05) is 6.07 Å². The summed E-state index contributed by atoms with van der Waals surface area (Å²) in [5, 5.41) is 3.13. The maximum absolute atomic E-state index is 12.0. The average molecular weight is 232 g/mol. The first-order valence-electron chi connectivity index (χ1n) is 5.78. The van der Waals surface area contributed by atoms with Crippen molar-refractivity contribution in [3.05, 3.63) is 35.9 Å². The van der Waals surface area contributed by atoms with Crippen molar-refractivity contribution in [3.8, 4) is 0 Å². The third-order valence-electron chi connectivity index (χ3n) is 3.07. The second kappa shape index (κ2) is 5.10. The number of benzene rings is 1. The highest BCUT2D eigenvalue weighted by Crippen LogP contribution is 2.13. The van der Waals surface area contributed by atoms with Gasteiger partial charge in [0.1, 0.15) is 0 Å². The predicted molar refractivity (Wildman–Crippen MR) is 64.5 cm³/mol. The van der Waals surface area contributed by atoms with E-state index in [0.717, 1.165) is 13.0 Å². The van der Waals surface area contributed by atoms with Gasteiger partial charge in [-0.15, -0.1) is 0 Å². The van der Waals surface area contributed by atoms with Crippen LogP contribution in [0.15, 0.2) is 30.3 Å². The van der Waals surface area contributed by atoms with E-state index in [1.165, 1.54) is 4.90 Å². The second-order valence-corrected chi connectivity index (χ2v) is 4.26. The molecule has 0 spiro atoms. The fraction of sp³-hybridized carbons (Fsp3) is 0.385. The number of rotatable bonds is 2. The summed E-state index contributed by atoms with van der Waals surface area (Å²) in [7, 11) is 1.55. The maximum Gasteiger partial charge on any atom is 0.260 e. The largest absolute Gasteiger partial charge is 0.316 e. The predicted octanol–water partition coefficient (Wildman–Crippen LogP) is 0.895. The van der Waals surface area contributed by atoms with Crippen molar-refractivity contribution < 1.29 is 9.59 Å². The third kappa shape index (κ3) is 2.53. The van der Waals surface area contributed by atoms with E-state index < -0.39 is 0 Å². The van der Waals surface area contributed by atoms with Crippen molar-refractivity contribution in [3.63, 3.8) is 0 Å². The van der Waals surface area contributed by atoms with Gasteiger partial charge < -0.3 is 5.32 Å². The first kappa shape index (κ1) is 11.8. The highest BCUT2D eigenvalue weighted by molar-refractivity contribution is 6.05. The van der Waals surface area contributed by atoms with Crippen LogP contribution in [0.1, 0.15) is 16.8 Å². The molecule has 2 rings (SSSR count). The van der Waals surface area contributed by atoms with Crippen LogP contribution in [0, 0.1) is 5.92 Å². The van der Waals surface area contributed by atoms with Crippen LogP contribution in [0.2, 0.25) is 0 Å². The Morgan fingerprint density at radius 2 is 2.00 bits per heavy atom. The molecule has 1 aliphatic rings. The first-order chi connectivity index (χ1) is 8.20. The van der Waals surface area contributed by atoms with Crippen LogP contribution < -0.4 is 5.32 Å². The third-order valence-corrected chi connectivity index (χ3v) is 3.07. The molecular formula is C13H16N2O2. The van der Waals surface area contributed by atoms with Gasteiger partial charge in [0.05, 0.1) is 5.92 Å². The van der Waals surface area contributed by atoms with Crippen LogP contribution in [-0.2, 0) is 4.79 Å². The molecule has 1 saturated heterocycles. The summed E-state index contributed by atoms with van der Waals surface area (Å²) in [6, 6.07) is 8.88. The van der Waals surface area contributed by atoms with Gasteiger partial charge in [0.25, 0.3) is 5.91 Å². The molecule has 4 heteroatoms. The molecule has 90 valence electrons. The van der Waals surface area contributed by atoms with Gasteiger partial charge in [-0.1, -0.05) is 18.2 Å². The average Bonchev–Trinajstić information content (AvgIpc) is 2.91. The number of imide groups is 1. The Bertz CT molecular complexity index is 411. The van der Waals surface area contributed by atoms with Crippen molar-refractivity contribution in [1.82, 2.24) is 10.2 Å². The molecule has 1 aromatic carbocycles. The summed E-state index contributed by atoms with van der Waals surface area (Å²) >= 11 is 0. The van der Waals surface area contributed by atoms with Crippen LogP contribution in [0.3, 0.4) is 0 Å². The molecule has 0 aromatic heterocycles. The molecular weight excluding hydrogens is 216 g/mol. The zero-order chi connectivity index (χ0) is 12.3. The van der Waals surface area contributed by atoms with Gasteiger partial charge in [0.2, 0.25) is 5.91 Å². The lowest BCUT2D eigenvalue weighted by Gasteiger charge is -2.18. The van der Waals surface area contributed by atoms with Gasteiger partial charge in [-0.3, -0.25) is 14.5 Å². The van der Waals surface area contributed by atoms with Crippen LogP contribution in [0.4, 0.5) is 0 Å². The molecule has 1 unspecified atom stereocenters. The van der Waals surface area contributed by atoms with Crippen LogP contribution in [-0.4, -0.2) is 36.9 Å². The zero-order valence-corrected chi connectivity index (χ0v) is 9.85. The number of nitrogens with zero attached hydrogens (tertiary/aromatic N) is 1. The second-order valence-electron chi connectivity index (χ2n) is 4.26. The van der Waals surface area contributed by atoms with E-state index in [4.69, 9.17) is 0 Å². The van der Waals surface area contributed by atoms with Crippen LogP contribution in [0.5, 0.6) is 0 Å². The minimum atomic E-state index is -0.234. The molecule has 1 fully saturated rings. The minimum absolute atomic E-state index is 0.0623. The molecule has 1 heterocycles. The lowest BCUT2D eigenvalue weighted by Crippen LogP contribution is -2.38. The molecule has 1 N–H and O–H groups in total. The molecule has 2 amide bonds. The topological polar surface area (TPSA) is 49.4 Å². The lowest BCUT2D eigenvalue weighted by molar-refractivity contribution is -0.131. The number of hydrogen-bond acceptors (Lipinski definition) is 3. The normalized spacial score (nSPS) is 19.0. The Hall–Kier alpha value is -1.68. The first-order valence-corrected chi connectivity index (χ1v) is 5.78. The van der Waals surface area contributed by atoms with Crippen molar-refractivity contribution in [1.29, 1.82) is 0 Å². The summed E-state index contributed by atoms with van der Waals surface area (Å²) in [6.07, 6.45) is 0.811. The number of carbonyl (C=O) groups excluding carboxylic acids is 2. The number of nitrogens with one attached hydrogen (secondary N) is 1. The van der Waals surface area contributed by atoms with Crippen molar-refractivity contribution in [2.24, 2.45) is 5.92 Å². The summed E-state index contributed by atoms with van der Waals surface area (Å²) in [4.78, 5) is 25.3. The molecule has 17 heavy (non-hydrogen) atoms. The van der Waals surface area contributed by atoms with Crippen molar-refractivity contribution >= 4 is 11.8 Å². The maximum atomic E-state index is 12.0. The molecule has 0 aliphatic carbocycles. The van der Waals surface area contributed by atoms with Gasteiger partial charge in [0, 0.05) is 19.2 Å². The highest BCUT2D eigenvalue weighted by atomic mass is 16.2. The zero-order valence-electron chi connectivity index (χ0n) is 9.85. The monoisotopic (exact) mass is 232 g/mol. The Balaban J connectivity index is 2.07. The lowest BCUT2D eigenvalue weighted by atomic mass is 10.1. The van der Waals surface area contributed by atoms with Crippen molar-refractivity contribution in [2.75, 3.05) is 20.1 Å². The Morgan fingerprint density at radius 3 is 2.59 bits per heavy atom.